The summed E-state index contributed by atoms with van der Waals surface area (Å²) in [7, 11) is -3.71. The summed E-state index contributed by atoms with van der Waals surface area (Å²) in [6.07, 6.45) is 0.932. The van der Waals surface area contributed by atoms with Crippen LogP contribution >= 0.6 is 22.9 Å². The van der Waals surface area contributed by atoms with Gasteiger partial charge >= 0.3 is 0 Å². The maximum absolute atomic E-state index is 12.3. The Bertz CT molecular complexity index is 726. The van der Waals surface area contributed by atoms with Crippen molar-refractivity contribution in [1.29, 1.82) is 0 Å². The highest BCUT2D eigenvalue weighted by Gasteiger charge is 2.18. The van der Waals surface area contributed by atoms with Crippen molar-refractivity contribution in [3.63, 3.8) is 0 Å². The molecule has 0 saturated heterocycles. The van der Waals surface area contributed by atoms with E-state index >= 15 is 0 Å². The topological polar surface area (TPSA) is 66.4 Å². The quantitative estimate of drug-likeness (QED) is 0.846. The number of rotatable bonds is 6. The van der Waals surface area contributed by atoms with Crippen LogP contribution in [0.4, 0.5) is 0 Å². The van der Waals surface area contributed by atoms with Crippen LogP contribution in [-0.4, -0.2) is 13.5 Å². The van der Waals surface area contributed by atoms with Crippen molar-refractivity contribution >= 4 is 33.0 Å². The molecule has 1 aromatic heterocycles. The van der Waals surface area contributed by atoms with Crippen LogP contribution in [0.5, 0.6) is 0 Å². The van der Waals surface area contributed by atoms with Crippen LogP contribution in [-0.2, 0) is 29.6 Å². The lowest BCUT2D eigenvalue weighted by Crippen LogP contribution is -2.23. The molecule has 0 spiro atoms. The molecule has 21 heavy (non-hydrogen) atoms. The lowest BCUT2D eigenvalue weighted by Gasteiger charge is -2.09. The SMILES string of the molecule is CCc1ccc(CNS(=O)(=O)c2cc(CO)ccc2Cl)s1. The van der Waals surface area contributed by atoms with Gasteiger partial charge in [-0.1, -0.05) is 24.6 Å². The van der Waals surface area contributed by atoms with Crippen molar-refractivity contribution in [2.24, 2.45) is 0 Å². The number of benzene rings is 1. The van der Waals surface area contributed by atoms with Crippen molar-refractivity contribution in [2.45, 2.75) is 31.4 Å². The Morgan fingerprint density at radius 3 is 2.57 bits per heavy atom. The van der Waals surface area contributed by atoms with Crippen LogP contribution in [0.2, 0.25) is 5.02 Å². The lowest BCUT2D eigenvalue weighted by atomic mass is 10.2. The van der Waals surface area contributed by atoms with E-state index in [1.54, 1.807) is 17.4 Å². The van der Waals surface area contributed by atoms with Gasteiger partial charge in [0.25, 0.3) is 0 Å². The van der Waals surface area contributed by atoms with Gasteiger partial charge in [0.2, 0.25) is 10.0 Å². The van der Waals surface area contributed by atoms with Gasteiger partial charge in [0.05, 0.1) is 11.6 Å². The zero-order valence-electron chi connectivity index (χ0n) is 11.5. The third-order valence-electron chi connectivity index (χ3n) is 2.97. The first-order chi connectivity index (χ1) is 9.96. The molecule has 0 bridgehead atoms. The first kappa shape index (κ1) is 16.5. The second-order valence-corrected chi connectivity index (χ2v) is 7.86. The van der Waals surface area contributed by atoms with Gasteiger partial charge in [0.1, 0.15) is 4.90 Å². The van der Waals surface area contributed by atoms with E-state index in [1.165, 1.54) is 17.0 Å². The molecule has 2 aromatic rings. The Labute approximate surface area is 133 Å². The molecule has 0 amide bonds. The maximum atomic E-state index is 12.3. The van der Waals surface area contributed by atoms with Gasteiger partial charge in [-0.2, -0.15) is 0 Å². The summed E-state index contributed by atoms with van der Waals surface area (Å²) < 4.78 is 27.1. The molecule has 2 N–H and O–H groups in total. The number of thiophene rings is 1. The van der Waals surface area contributed by atoms with Crippen molar-refractivity contribution in [3.05, 3.63) is 50.7 Å². The van der Waals surface area contributed by atoms with E-state index < -0.39 is 10.0 Å². The van der Waals surface area contributed by atoms with Gasteiger partial charge in [0.15, 0.2) is 0 Å². The van der Waals surface area contributed by atoms with Gasteiger partial charge in [-0.3, -0.25) is 0 Å². The Hall–Kier alpha value is -0.920. The zero-order valence-corrected chi connectivity index (χ0v) is 13.9. The van der Waals surface area contributed by atoms with Crippen LogP contribution in [0.15, 0.2) is 35.2 Å². The summed E-state index contributed by atoms with van der Waals surface area (Å²) in [6.45, 7) is 2.05. The van der Waals surface area contributed by atoms with Crippen LogP contribution in [0.3, 0.4) is 0 Å². The van der Waals surface area contributed by atoms with Gasteiger partial charge in [0, 0.05) is 16.3 Å². The molecule has 0 radical (unpaired) electrons. The van der Waals surface area contributed by atoms with Gasteiger partial charge < -0.3 is 5.11 Å². The monoisotopic (exact) mass is 345 g/mol. The maximum Gasteiger partial charge on any atom is 0.242 e. The third-order valence-corrected chi connectivity index (χ3v) is 6.08. The predicted molar refractivity (Wildman–Crippen MR) is 85.1 cm³/mol. The summed E-state index contributed by atoms with van der Waals surface area (Å²) in [6, 6.07) is 8.36. The van der Waals surface area contributed by atoms with Crippen molar-refractivity contribution in [1.82, 2.24) is 4.72 Å². The van der Waals surface area contributed by atoms with E-state index in [-0.39, 0.29) is 23.1 Å². The van der Waals surface area contributed by atoms with Crippen LogP contribution in [0, 0.1) is 0 Å². The number of sulfonamides is 1. The molecule has 0 unspecified atom stereocenters. The molecule has 114 valence electrons. The number of aliphatic hydroxyl groups excluding tert-OH is 1. The van der Waals surface area contributed by atoms with E-state index in [0.717, 1.165) is 11.3 Å². The average Bonchev–Trinajstić information content (AvgIpc) is 2.94. The zero-order chi connectivity index (χ0) is 15.5. The van der Waals surface area contributed by atoms with Crippen LogP contribution < -0.4 is 4.72 Å². The lowest BCUT2D eigenvalue weighted by molar-refractivity contribution is 0.281. The Morgan fingerprint density at radius 1 is 1.24 bits per heavy atom. The molecule has 4 nitrogen and oxygen atoms in total. The van der Waals surface area contributed by atoms with Crippen molar-refractivity contribution in [2.75, 3.05) is 0 Å². The van der Waals surface area contributed by atoms with Gasteiger partial charge in [-0.05, 0) is 36.2 Å². The highest BCUT2D eigenvalue weighted by atomic mass is 35.5. The van der Waals surface area contributed by atoms with Crippen LogP contribution in [0.25, 0.3) is 0 Å². The summed E-state index contributed by atoms with van der Waals surface area (Å²) in [5.74, 6) is 0. The summed E-state index contributed by atoms with van der Waals surface area (Å²) >= 11 is 7.53. The first-order valence-corrected chi connectivity index (χ1v) is 9.10. The smallest absolute Gasteiger partial charge is 0.242 e. The summed E-state index contributed by atoms with van der Waals surface area (Å²) in [4.78, 5) is 2.15. The fourth-order valence-electron chi connectivity index (χ4n) is 1.80. The highest BCUT2D eigenvalue weighted by Crippen LogP contribution is 2.23. The molecule has 0 saturated carbocycles. The second kappa shape index (κ2) is 6.89. The summed E-state index contributed by atoms with van der Waals surface area (Å²) in [5.41, 5.74) is 0.504. The third kappa shape index (κ3) is 4.05. The average molecular weight is 346 g/mol. The molecule has 2 rings (SSSR count). The minimum Gasteiger partial charge on any atom is -0.392 e. The van der Waals surface area contributed by atoms with Crippen molar-refractivity contribution in [3.8, 4) is 0 Å². The summed E-state index contributed by atoms with van der Waals surface area (Å²) in [5, 5.41) is 9.24. The molecule has 0 aliphatic rings. The molecule has 0 fully saturated rings. The Balaban J connectivity index is 2.18. The number of hydrogen-bond donors (Lipinski definition) is 2. The fourth-order valence-corrected chi connectivity index (χ4v) is 4.35. The number of halogens is 1. The van der Waals surface area contributed by atoms with Gasteiger partial charge in [-0.25, -0.2) is 13.1 Å². The van der Waals surface area contributed by atoms with E-state index in [2.05, 4.69) is 11.6 Å². The first-order valence-electron chi connectivity index (χ1n) is 6.43. The predicted octanol–water partition coefficient (Wildman–Crippen LogP) is 2.93. The number of nitrogens with one attached hydrogen (secondary N) is 1. The molecule has 0 atom stereocenters. The van der Waals surface area contributed by atoms with E-state index in [4.69, 9.17) is 16.7 Å². The number of aryl methyl sites for hydroxylation is 1. The minimum absolute atomic E-state index is 0.0111. The van der Waals surface area contributed by atoms with E-state index in [9.17, 15) is 8.42 Å². The van der Waals surface area contributed by atoms with Gasteiger partial charge in [-0.15, -0.1) is 11.3 Å². The molecule has 1 aromatic carbocycles. The van der Waals surface area contributed by atoms with Crippen molar-refractivity contribution < 1.29 is 13.5 Å². The van der Waals surface area contributed by atoms with E-state index in [1.807, 2.05) is 12.1 Å². The molecular weight excluding hydrogens is 330 g/mol. The second-order valence-electron chi connectivity index (χ2n) is 4.47. The number of hydrogen-bond acceptors (Lipinski definition) is 4. The standard InChI is InChI=1S/C14H16ClNO3S2/c1-2-11-4-5-12(20-11)8-16-21(18,19)14-7-10(9-17)3-6-13(14)15/h3-7,16-17H,2,8-9H2,1H3. The number of aliphatic hydroxyl groups is 1. The normalized spacial score (nSPS) is 11.8. The largest absolute Gasteiger partial charge is 0.392 e. The van der Waals surface area contributed by atoms with Crippen LogP contribution in [0.1, 0.15) is 22.2 Å². The molecule has 7 heteroatoms. The highest BCUT2D eigenvalue weighted by molar-refractivity contribution is 7.89. The Kier molecular flexibility index (Phi) is 5.40. The Morgan fingerprint density at radius 2 is 1.95 bits per heavy atom. The molecule has 1 heterocycles. The molecule has 0 aliphatic carbocycles. The minimum atomic E-state index is -3.71. The molecular formula is C14H16ClNO3S2. The van der Waals surface area contributed by atoms with E-state index in [0.29, 0.717) is 5.56 Å². The molecule has 0 aliphatic heterocycles. The fraction of sp³-hybridized carbons (Fsp3) is 0.286.